The number of nitrogens with zero attached hydrogens (tertiary/aromatic N) is 6. The van der Waals surface area contributed by atoms with Crippen molar-refractivity contribution in [1.29, 1.82) is 0 Å². The largest absolute Gasteiger partial charge is 0.264 e. The van der Waals surface area contributed by atoms with Crippen molar-refractivity contribution in [3.8, 4) is 21.3 Å². The van der Waals surface area contributed by atoms with E-state index in [0.29, 0.717) is 11.7 Å². The number of hydrogen-bond acceptors (Lipinski definition) is 7. The molecule has 0 atom stereocenters. The predicted octanol–water partition coefficient (Wildman–Crippen LogP) is 3.80. The summed E-state index contributed by atoms with van der Waals surface area (Å²) in [6.45, 7) is 6.33. The van der Waals surface area contributed by atoms with Crippen molar-refractivity contribution < 1.29 is 0 Å². The highest BCUT2D eigenvalue weighted by atomic mass is 32.1. The van der Waals surface area contributed by atoms with E-state index in [1.165, 1.54) is 11.3 Å². The smallest absolute Gasteiger partial charge is 0.235 e. The SMILES string of the molecule is Cc1nc(C(C)C)c(-c2nn3c(-c4cccnc4)nnc3s2)s1. The Morgan fingerprint density at radius 3 is 2.78 bits per heavy atom. The zero-order valence-corrected chi connectivity index (χ0v) is 14.5. The lowest BCUT2D eigenvalue weighted by molar-refractivity contribution is 0.829. The average molecular weight is 342 g/mol. The molecule has 0 amide bonds. The maximum absolute atomic E-state index is 4.73. The first-order chi connectivity index (χ1) is 11.1. The van der Waals surface area contributed by atoms with E-state index in [2.05, 4.69) is 34.0 Å². The fraction of sp³-hybridized carbons (Fsp3) is 0.267. The Hall–Kier alpha value is -2.19. The van der Waals surface area contributed by atoms with Crippen LogP contribution < -0.4 is 0 Å². The first-order valence-electron chi connectivity index (χ1n) is 7.24. The van der Waals surface area contributed by atoms with Crippen molar-refractivity contribution in [2.24, 2.45) is 0 Å². The van der Waals surface area contributed by atoms with Gasteiger partial charge >= 0.3 is 0 Å². The lowest BCUT2D eigenvalue weighted by Gasteiger charge is -2.01. The number of fused-ring (bicyclic) bond motifs is 1. The molecule has 6 nitrogen and oxygen atoms in total. The third kappa shape index (κ3) is 2.43. The molecule has 116 valence electrons. The number of thiazole rings is 1. The van der Waals surface area contributed by atoms with Crippen LogP contribution in [0.1, 0.15) is 30.5 Å². The maximum atomic E-state index is 4.73. The van der Waals surface area contributed by atoms with Gasteiger partial charge in [-0.1, -0.05) is 25.2 Å². The van der Waals surface area contributed by atoms with Crippen LogP contribution in [0.5, 0.6) is 0 Å². The molecule has 0 fully saturated rings. The fourth-order valence-electron chi connectivity index (χ4n) is 2.37. The van der Waals surface area contributed by atoms with Crippen molar-refractivity contribution in [3.05, 3.63) is 35.2 Å². The summed E-state index contributed by atoms with van der Waals surface area (Å²) in [6.07, 6.45) is 3.51. The molecule has 0 bridgehead atoms. The second-order valence-corrected chi connectivity index (χ2v) is 7.63. The van der Waals surface area contributed by atoms with E-state index in [9.17, 15) is 0 Å². The summed E-state index contributed by atoms with van der Waals surface area (Å²) in [5.41, 5.74) is 2.00. The van der Waals surface area contributed by atoms with Gasteiger partial charge in [0.05, 0.1) is 15.6 Å². The zero-order valence-electron chi connectivity index (χ0n) is 12.9. The zero-order chi connectivity index (χ0) is 16.0. The van der Waals surface area contributed by atoms with Gasteiger partial charge in [-0.2, -0.15) is 9.61 Å². The number of hydrogen-bond donors (Lipinski definition) is 0. The number of aromatic nitrogens is 6. The third-order valence-electron chi connectivity index (χ3n) is 3.41. The molecule has 0 N–H and O–H groups in total. The quantitative estimate of drug-likeness (QED) is 0.566. The Bertz CT molecular complexity index is 967. The standard InChI is InChI=1S/C15H14N6S2/c1-8(2)11-12(22-9(3)17-11)14-20-21-13(18-19-15(21)23-14)10-5-4-6-16-7-10/h4-8H,1-3H3. The number of pyridine rings is 1. The molecule has 8 heteroatoms. The highest BCUT2D eigenvalue weighted by Crippen LogP contribution is 2.37. The third-order valence-corrected chi connectivity index (χ3v) is 5.45. The van der Waals surface area contributed by atoms with Crippen molar-refractivity contribution >= 4 is 27.6 Å². The van der Waals surface area contributed by atoms with Gasteiger partial charge < -0.3 is 0 Å². The van der Waals surface area contributed by atoms with E-state index in [1.54, 1.807) is 28.2 Å². The summed E-state index contributed by atoms with van der Waals surface area (Å²) in [4.78, 5) is 10.7. The van der Waals surface area contributed by atoms with Crippen LogP contribution in [0.3, 0.4) is 0 Å². The van der Waals surface area contributed by atoms with E-state index in [-0.39, 0.29) is 0 Å². The molecule has 0 aliphatic carbocycles. The Labute approximate surface area is 140 Å². The molecule has 0 aliphatic heterocycles. The van der Waals surface area contributed by atoms with Gasteiger partial charge in [-0.05, 0) is 25.0 Å². The van der Waals surface area contributed by atoms with Crippen LogP contribution in [0, 0.1) is 6.92 Å². The van der Waals surface area contributed by atoms with Gasteiger partial charge in [-0.3, -0.25) is 4.98 Å². The lowest BCUT2D eigenvalue weighted by atomic mass is 10.1. The molecule has 0 radical (unpaired) electrons. The van der Waals surface area contributed by atoms with Crippen molar-refractivity contribution in [3.63, 3.8) is 0 Å². The summed E-state index contributed by atoms with van der Waals surface area (Å²) in [6, 6.07) is 3.84. The maximum Gasteiger partial charge on any atom is 0.235 e. The molecule has 0 spiro atoms. The molecule has 0 aromatic carbocycles. The van der Waals surface area contributed by atoms with E-state index in [1.807, 2.05) is 19.1 Å². The molecule has 0 saturated heterocycles. The van der Waals surface area contributed by atoms with Crippen molar-refractivity contribution in [1.82, 2.24) is 29.8 Å². The topological polar surface area (TPSA) is 68.9 Å². The van der Waals surface area contributed by atoms with E-state index < -0.39 is 0 Å². The van der Waals surface area contributed by atoms with Gasteiger partial charge in [0.15, 0.2) is 10.8 Å². The normalized spacial score (nSPS) is 11.7. The van der Waals surface area contributed by atoms with Crippen LogP contribution in [0.4, 0.5) is 0 Å². The molecular weight excluding hydrogens is 328 g/mol. The first kappa shape index (κ1) is 14.4. The van der Waals surface area contributed by atoms with Gasteiger partial charge in [0.1, 0.15) is 0 Å². The summed E-state index contributed by atoms with van der Waals surface area (Å²) >= 11 is 3.22. The van der Waals surface area contributed by atoms with Gasteiger partial charge in [0, 0.05) is 18.0 Å². The summed E-state index contributed by atoms with van der Waals surface area (Å²) in [5.74, 6) is 1.07. The second kappa shape index (κ2) is 5.47. The van der Waals surface area contributed by atoms with Crippen LogP contribution in [-0.4, -0.2) is 29.8 Å². The monoisotopic (exact) mass is 342 g/mol. The molecule has 0 unspecified atom stereocenters. The van der Waals surface area contributed by atoms with Gasteiger partial charge in [0.25, 0.3) is 0 Å². The summed E-state index contributed by atoms with van der Waals surface area (Å²) in [5, 5.41) is 15.2. The number of aryl methyl sites for hydroxylation is 1. The van der Waals surface area contributed by atoms with Crippen molar-refractivity contribution in [2.75, 3.05) is 0 Å². The highest BCUT2D eigenvalue weighted by Gasteiger charge is 2.20. The predicted molar refractivity (Wildman–Crippen MR) is 91.8 cm³/mol. The molecule has 4 aromatic heterocycles. The molecule has 4 aromatic rings. The van der Waals surface area contributed by atoms with Crippen LogP contribution in [-0.2, 0) is 0 Å². The van der Waals surface area contributed by atoms with Crippen LogP contribution in [0.25, 0.3) is 26.2 Å². The highest BCUT2D eigenvalue weighted by molar-refractivity contribution is 7.24. The molecule has 0 aliphatic rings. The van der Waals surface area contributed by atoms with E-state index in [0.717, 1.165) is 31.1 Å². The first-order valence-corrected chi connectivity index (χ1v) is 8.87. The minimum Gasteiger partial charge on any atom is -0.264 e. The van der Waals surface area contributed by atoms with Gasteiger partial charge in [-0.15, -0.1) is 21.5 Å². The molecular formula is C15H14N6S2. The Morgan fingerprint density at radius 1 is 1.17 bits per heavy atom. The summed E-state index contributed by atoms with van der Waals surface area (Å²) in [7, 11) is 0. The molecule has 23 heavy (non-hydrogen) atoms. The van der Waals surface area contributed by atoms with Crippen LogP contribution in [0.2, 0.25) is 0 Å². The van der Waals surface area contributed by atoms with Crippen molar-refractivity contribution in [2.45, 2.75) is 26.7 Å². The molecule has 0 saturated carbocycles. The Kier molecular flexibility index (Phi) is 3.42. The van der Waals surface area contributed by atoms with Crippen LogP contribution >= 0.6 is 22.7 Å². The minimum absolute atomic E-state index is 0.363. The minimum atomic E-state index is 0.363. The van der Waals surface area contributed by atoms with E-state index >= 15 is 0 Å². The number of rotatable bonds is 3. The van der Waals surface area contributed by atoms with Gasteiger partial charge in [0.2, 0.25) is 4.96 Å². The Morgan fingerprint density at radius 2 is 2.04 bits per heavy atom. The fourth-order valence-corrected chi connectivity index (χ4v) is 4.36. The molecule has 4 heterocycles. The van der Waals surface area contributed by atoms with Gasteiger partial charge in [-0.25, -0.2) is 4.98 Å². The second-order valence-electron chi connectivity index (χ2n) is 5.47. The van der Waals surface area contributed by atoms with Crippen LogP contribution in [0.15, 0.2) is 24.5 Å². The molecule has 4 rings (SSSR count). The Balaban J connectivity index is 1.87. The average Bonchev–Trinajstić information content (AvgIpc) is 3.20. The lowest BCUT2D eigenvalue weighted by Crippen LogP contribution is -1.93. The van der Waals surface area contributed by atoms with E-state index in [4.69, 9.17) is 5.10 Å². The summed E-state index contributed by atoms with van der Waals surface area (Å²) < 4.78 is 1.79.